The van der Waals surface area contributed by atoms with Crippen LogP contribution < -0.4 is 0 Å². The van der Waals surface area contributed by atoms with Gasteiger partial charge in [-0.2, -0.15) is 8.42 Å². The zero-order valence-electron chi connectivity index (χ0n) is 11.1. The van der Waals surface area contributed by atoms with E-state index in [9.17, 15) is 8.42 Å². The number of hydrogen-bond donors (Lipinski definition) is 1. The molecule has 6 nitrogen and oxygen atoms in total. The molecule has 0 aromatic heterocycles. The van der Waals surface area contributed by atoms with Gasteiger partial charge in [0.15, 0.2) is 0 Å². The van der Waals surface area contributed by atoms with E-state index in [1.807, 2.05) is 37.3 Å². The Morgan fingerprint density at radius 3 is 2.65 bits per heavy atom. The van der Waals surface area contributed by atoms with Crippen molar-refractivity contribution in [2.75, 3.05) is 13.2 Å². The fourth-order valence-corrected chi connectivity index (χ4v) is 2.68. The van der Waals surface area contributed by atoms with Crippen LogP contribution in [0.15, 0.2) is 30.3 Å². The van der Waals surface area contributed by atoms with Crippen LogP contribution in [0.25, 0.3) is 0 Å². The van der Waals surface area contributed by atoms with E-state index in [2.05, 4.69) is 4.18 Å². The van der Waals surface area contributed by atoms with Gasteiger partial charge in [-0.25, -0.2) is 4.18 Å². The average Bonchev–Trinajstić information content (AvgIpc) is 2.37. The smallest absolute Gasteiger partial charge is 0.378 e. The van der Waals surface area contributed by atoms with E-state index >= 15 is 0 Å². The van der Waals surface area contributed by atoms with E-state index < -0.39 is 22.6 Å². The highest BCUT2D eigenvalue weighted by Gasteiger charge is 2.36. The lowest BCUT2D eigenvalue weighted by Gasteiger charge is -2.34. The Morgan fingerprint density at radius 2 is 2.00 bits per heavy atom. The lowest BCUT2D eigenvalue weighted by atomic mass is 9.98. The molecule has 2 rings (SSSR count). The van der Waals surface area contributed by atoms with Gasteiger partial charge in [-0.15, -0.1) is 0 Å². The summed E-state index contributed by atoms with van der Waals surface area (Å²) in [5.41, 5.74) is 0.983. The van der Waals surface area contributed by atoms with Crippen LogP contribution in [0.2, 0.25) is 0 Å². The first-order chi connectivity index (χ1) is 9.46. The molecular formula is C13H18O6S. The highest BCUT2D eigenvalue weighted by molar-refractivity contribution is 7.80. The van der Waals surface area contributed by atoms with E-state index in [4.69, 9.17) is 14.0 Å². The average molecular weight is 302 g/mol. The maximum absolute atomic E-state index is 10.8. The molecule has 1 aromatic rings. The molecule has 20 heavy (non-hydrogen) atoms. The molecule has 7 heteroatoms. The third-order valence-corrected chi connectivity index (χ3v) is 3.61. The minimum atomic E-state index is -4.52. The lowest BCUT2D eigenvalue weighted by Crippen LogP contribution is -2.46. The van der Waals surface area contributed by atoms with Crippen LogP contribution in [0.3, 0.4) is 0 Å². The Morgan fingerprint density at radius 1 is 1.30 bits per heavy atom. The molecule has 0 amide bonds. The summed E-state index contributed by atoms with van der Waals surface area (Å²) in [5, 5.41) is 0. The summed E-state index contributed by atoms with van der Waals surface area (Å²) >= 11 is 0. The van der Waals surface area contributed by atoms with E-state index in [0.717, 1.165) is 5.56 Å². The summed E-state index contributed by atoms with van der Waals surface area (Å²) < 4.78 is 46.1. The van der Waals surface area contributed by atoms with Gasteiger partial charge in [0.25, 0.3) is 0 Å². The Kier molecular flexibility index (Phi) is 5.11. The van der Waals surface area contributed by atoms with Crippen molar-refractivity contribution in [3.8, 4) is 0 Å². The Labute approximate surface area is 118 Å². The van der Waals surface area contributed by atoms with Crippen LogP contribution in [0, 0.1) is 5.92 Å². The van der Waals surface area contributed by atoms with Gasteiger partial charge in [-0.05, 0) is 5.56 Å². The highest BCUT2D eigenvalue weighted by Crippen LogP contribution is 2.23. The number of hydrogen-bond acceptors (Lipinski definition) is 5. The minimum Gasteiger partial charge on any atom is -0.378 e. The third kappa shape index (κ3) is 4.53. The second-order valence-corrected chi connectivity index (χ2v) is 5.89. The molecule has 1 aliphatic rings. The van der Waals surface area contributed by atoms with Crippen molar-refractivity contribution in [3.05, 3.63) is 35.9 Å². The maximum atomic E-state index is 10.8. The molecule has 0 bridgehead atoms. The number of benzene rings is 1. The van der Waals surface area contributed by atoms with Gasteiger partial charge in [0.05, 0.1) is 25.9 Å². The molecule has 1 heterocycles. The van der Waals surface area contributed by atoms with Crippen molar-refractivity contribution in [1.82, 2.24) is 0 Å². The van der Waals surface area contributed by atoms with Crippen LogP contribution >= 0.6 is 0 Å². The normalized spacial score (nSPS) is 27.4. The lowest BCUT2D eigenvalue weighted by molar-refractivity contribution is -0.138. The van der Waals surface area contributed by atoms with Crippen LogP contribution in [-0.4, -0.2) is 38.4 Å². The topological polar surface area (TPSA) is 82.1 Å². The fourth-order valence-electron chi connectivity index (χ4n) is 2.20. The first-order valence-corrected chi connectivity index (χ1v) is 7.71. The van der Waals surface area contributed by atoms with Crippen LogP contribution in [-0.2, 0) is 30.7 Å². The van der Waals surface area contributed by atoms with Gasteiger partial charge < -0.3 is 9.47 Å². The van der Waals surface area contributed by atoms with E-state index in [1.165, 1.54) is 0 Å². The molecule has 1 aromatic carbocycles. The Bertz CT molecular complexity index is 515. The standard InChI is InChI=1S/C13H18O6S/c1-10-7-17-9-12(19-20(14,15)16)13(10)18-8-11-5-3-2-4-6-11/h2-6,10,12-13H,7-9H2,1H3,(H,14,15,16)/t10-,12?,13-/m1/s1. The van der Waals surface area contributed by atoms with Gasteiger partial charge in [-0.1, -0.05) is 37.3 Å². The highest BCUT2D eigenvalue weighted by atomic mass is 32.3. The summed E-state index contributed by atoms with van der Waals surface area (Å²) in [7, 11) is -4.52. The van der Waals surface area contributed by atoms with Crippen LogP contribution in [0.5, 0.6) is 0 Å². The zero-order valence-corrected chi connectivity index (χ0v) is 12.0. The molecule has 0 spiro atoms. The molecule has 1 aliphatic heterocycles. The van der Waals surface area contributed by atoms with Crippen LogP contribution in [0.1, 0.15) is 12.5 Å². The van der Waals surface area contributed by atoms with Gasteiger partial charge >= 0.3 is 10.4 Å². The zero-order chi connectivity index (χ0) is 14.6. The number of rotatable bonds is 5. The predicted octanol–water partition coefficient (Wildman–Crippen LogP) is 1.43. The minimum absolute atomic E-state index is 0.0285. The van der Waals surface area contributed by atoms with E-state index in [-0.39, 0.29) is 12.5 Å². The van der Waals surface area contributed by atoms with Crippen molar-refractivity contribution in [2.24, 2.45) is 5.92 Å². The molecule has 1 N–H and O–H groups in total. The predicted molar refractivity (Wildman–Crippen MR) is 71.4 cm³/mol. The first-order valence-electron chi connectivity index (χ1n) is 6.34. The summed E-state index contributed by atoms with van der Waals surface area (Å²) in [5.74, 6) is -0.0285. The van der Waals surface area contributed by atoms with Crippen molar-refractivity contribution in [3.63, 3.8) is 0 Å². The Hall–Kier alpha value is -0.990. The Balaban J connectivity index is 2.00. The van der Waals surface area contributed by atoms with Crippen molar-refractivity contribution in [1.29, 1.82) is 0 Å². The summed E-state index contributed by atoms with van der Waals surface area (Å²) in [6.07, 6.45) is -1.29. The largest absolute Gasteiger partial charge is 0.397 e. The first kappa shape index (κ1) is 15.4. The van der Waals surface area contributed by atoms with Crippen molar-refractivity contribution >= 4 is 10.4 Å². The monoisotopic (exact) mass is 302 g/mol. The maximum Gasteiger partial charge on any atom is 0.397 e. The molecule has 3 atom stereocenters. The summed E-state index contributed by atoms with van der Waals surface area (Å²) in [6, 6.07) is 9.55. The van der Waals surface area contributed by atoms with E-state index in [1.54, 1.807) is 0 Å². The SMILES string of the molecule is C[C@@H]1COCC(OS(=O)(=O)O)[C@@H]1OCc1ccccc1. The molecule has 0 saturated carbocycles. The number of ether oxygens (including phenoxy) is 2. The van der Waals surface area contributed by atoms with Gasteiger partial charge in [0.1, 0.15) is 6.10 Å². The molecule has 1 unspecified atom stereocenters. The van der Waals surface area contributed by atoms with Gasteiger partial charge in [-0.3, -0.25) is 4.55 Å². The summed E-state index contributed by atoms with van der Waals surface area (Å²) in [4.78, 5) is 0. The van der Waals surface area contributed by atoms with Gasteiger partial charge in [0.2, 0.25) is 0 Å². The quantitative estimate of drug-likeness (QED) is 0.829. The molecular weight excluding hydrogens is 284 g/mol. The van der Waals surface area contributed by atoms with Gasteiger partial charge in [0, 0.05) is 5.92 Å². The molecule has 1 saturated heterocycles. The second-order valence-electron chi connectivity index (χ2n) is 4.84. The molecule has 1 fully saturated rings. The second kappa shape index (κ2) is 6.64. The molecule has 112 valence electrons. The molecule has 0 aliphatic carbocycles. The van der Waals surface area contributed by atoms with E-state index in [0.29, 0.717) is 13.2 Å². The third-order valence-electron chi connectivity index (χ3n) is 3.12. The van der Waals surface area contributed by atoms with Crippen molar-refractivity contribution < 1.29 is 26.6 Å². The fraction of sp³-hybridized carbons (Fsp3) is 0.538. The summed E-state index contributed by atoms with van der Waals surface area (Å²) in [6.45, 7) is 2.77. The van der Waals surface area contributed by atoms with Crippen molar-refractivity contribution in [2.45, 2.75) is 25.7 Å². The van der Waals surface area contributed by atoms with Crippen LogP contribution in [0.4, 0.5) is 0 Å². The molecule has 0 radical (unpaired) electrons.